The van der Waals surface area contributed by atoms with Crippen LogP contribution in [0.1, 0.15) is 63.2 Å². The Hall–Kier alpha value is -1.87. The van der Waals surface area contributed by atoms with Crippen molar-refractivity contribution in [2.75, 3.05) is 12.9 Å². The largest absolute Gasteiger partial charge is 0.491 e. The molecule has 3 N–H and O–H groups in total. The van der Waals surface area contributed by atoms with Crippen LogP contribution < -0.4 is 15.2 Å². The van der Waals surface area contributed by atoms with Crippen molar-refractivity contribution >= 4 is 35.3 Å². The molecule has 2 fully saturated rings. The van der Waals surface area contributed by atoms with Crippen molar-refractivity contribution in [2.24, 2.45) is 38.4 Å². The van der Waals surface area contributed by atoms with Gasteiger partial charge in [-0.25, -0.2) is 4.39 Å². The Bertz CT molecular complexity index is 908. The van der Waals surface area contributed by atoms with Gasteiger partial charge in [0.1, 0.15) is 17.4 Å². The van der Waals surface area contributed by atoms with Gasteiger partial charge in [-0.15, -0.1) is 5.10 Å². The number of amides is 1. The van der Waals surface area contributed by atoms with Crippen LogP contribution in [-0.4, -0.2) is 30.1 Å². The Morgan fingerprint density at radius 2 is 1.97 bits per heavy atom. The van der Waals surface area contributed by atoms with Crippen LogP contribution in [0.15, 0.2) is 27.6 Å². The maximum absolute atomic E-state index is 14.4. The molecule has 176 valence electrons. The van der Waals surface area contributed by atoms with E-state index in [0.29, 0.717) is 24.3 Å². The van der Waals surface area contributed by atoms with Crippen LogP contribution in [-0.2, 0) is 0 Å². The fourth-order valence-electron chi connectivity index (χ4n) is 5.37. The second-order valence-electron chi connectivity index (χ2n) is 9.71. The summed E-state index contributed by atoms with van der Waals surface area (Å²) < 4.78 is 22.9. The highest BCUT2D eigenvalue weighted by atomic mass is 35.5. The molecule has 0 heterocycles. The van der Waals surface area contributed by atoms with E-state index in [0.717, 1.165) is 37.6 Å². The number of nitrogens with one attached hydrogen (secondary N) is 1. The smallest absolute Gasteiger partial charge is 0.264 e. The zero-order valence-electron chi connectivity index (χ0n) is 19.0. The van der Waals surface area contributed by atoms with Gasteiger partial charge in [0.2, 0.25) is 0 Å². The highest BCUT2D eigenvalue weighted by Crippen LogP contribution is 2.52. The average Bonchev–Trinajstić information content (AvgIpc) is 2.67. The number of hydrogen-bond acceptors (Lipinski definition) is 5. The number of rotatable bonds is 7. The summed E-state index contributed by atoms with van der Waals surface area (Å²) in [6.07, 6.45) is 6.72. The minimum absolute atomic E-state index is 0.0489. The number of carbonyl (C=O) groups is 1. The Balaban J connectivity index is 1.65. The lowest BCUT2D eigenvalue weighted by molar-refractivity contribution is 0.00632. The molecule has 3 rings (SSSR count). The van der Waals surface area contributed by atoms with Crippen molar-refractivity contribution < 1.29 is 13.9 Å². The summed E-state index contributed by atoms with van der Waals surface area (Å²) >= 11 is 7.39. The fourth-order valence-corrected chi connectivity index (χ4v) is 5.88. The third-order valence-corrected chi connectivity index (χ3v) is 6.90. The number of nitrogens with two attached hydrogens (primary N) is 1. The van der Waals surface area contributed by atoms with E-state index >= 15 is 0 Å². The molecule has 1 aromatic carbocycles. The molecule has 2 aliphatic rings. The maximum Gasteiger partial charge on any atom is 0.264 e. The van der Waals surface area contributed by atoms with Gasteiger partial charge in [0, 0.05) is 17.7 Å². The topological polar surface area (TPSA) is 101 Å². The van der Waals surface area contributed by atoms with Gasteiger partial charge in [0.05, 0.1) is 22.7 Å². The number of hydrogen-bond donors (Lipinski definition) is 2. The van der Waals surface area contributed by atoms with Gasteiger partial charge < -0.3 is 10.5 Å². The quantitative estimate of drug-likeness (QED) is 0.173. The number of benzene rings is 1. The van der Waals surface area contributed by atoms with E-state index < -0.39 is 11.7 Å². The van der Waals surface area contributed by atoms with Gasteiger partial charge in [-0.1, -0.05) is 30.5 Å². The van der Waals surface area contributed by atoms with E-state index in [1.165, 1.54) is 18.6 Å². The van der Waals surface area contributed by atoms with E-state index in [1.807, 2.05) is 0 Å². The van der Waals surface area contributed by atoms with Crippen LogP contribution in [0.25, 0.3) is 0 Å². The van der Waals surface area contributed by atoms with Crippen molar-refractivity contribution in [1.82, 2.24) is 4.72 Å². The van der Waals surface area contributed by atoms with Crippen LogP contribution >= 0.6 is 23.5 Å². The molecule has 2 atom stereocenters. The number of amidine groups is 1. The Morgan fingerprint density at radius 1 is 1.31 bits per heavy atom. The highest BCUT2D eigenvalue weighted by molar-refractivity contribution is 7.97. The first-order valence-electron chi connectivity index (χ1n) is 10.7. The van der Waals surface area contributed by atoms with Crippen LogP contribution in [0.2, 0.25) is 5.02 Å². The summed E-state index contributed by atoms with van der Waals surface area (Å²) in [6, 6.07) is 2.51. The summed E-state index contributed by atoms with van der Waals surface area (Å²) in [5.74, 6) is 0.489. The van der Waals surface area contributed by atoms with Gasteiger partial charge in [-0.2, -0.15) is 5.11 Å². The molecular weight excluding hydrogens is 453 g/mol. The lowest BCUT2D eigenvalue weighted by Crippen LogP contribution is -2.44. The Labute approximate surface area is 197 Å². The molecule has 1 aromatic rings. The molecule has 1 amide bonds. The molecule has 2 bridgehead atoms. The highest BCUT2D eigenvalue weighted by Gasteiger charge is 2.46. The zero-order valence-corrected chi connectivity index (χ0v) is 20.5. The van der Waals surface area contributed by atoms with Gasteiger partial charge in [-0.3, -0.25) is 9.52 Å². The van der Waals surface area contributed by atoms with Crippen LogP contribution in [0.5, 0.6) is 5.75 Å². The minimum atomic E-state index is -0.655. The van der Waals surface area contributed by atoms with Gasteiger partial charge in [-0.05, 0) is 69.1 Å². The first kappa shape index (κ1) is 24.8. The lowest BCUT2D eigenvalue weighted by Gasteiger charge is -2.49. The van der Waals surface area contributed by atoms with E-state index in [1.54, 1.807) is 13.2 Å². The van der Waals surface area contributed by atoms with E-state index in [2.05, 4.69) is 34.0 Å². The molecule has 7 nitrogen and oxygen atoms in total. The second kappa shape index (κ2) is 9.95. The van der Waals surface area contributed by atoms with E-state index in [-0.39, 0.29) is 27.3 Å². The molecule has 0 spiro atoms. The molecule has 32 heavy (non-hydrogen) atoms. The van der Waals surface area contributed by atoms with Crippen LogP contribution in [0.3, 0.4) is 0 Å². The van der Waals surface area contributed by atoms with Gasteiger partial charge in [0.25, 0.3) is 5.91 Å². The molecule has 2 unspecified atom stereocenters. The summed E-state index contributed by atoms with van der Waals surface area (Å²) in [4.78, 5) is 11.9. The van der Waals surface area contributed by atoms with Crippen molar-refractivity contribution in [3.63, 3.8) is 0 Å². The van der Waals surface area contributed by atoms with Crippen molar-refractivity contribution in [2.45, 2.75) is 58.4 Å². The third-order valence-electron chi connectivity index (χ3n) is 6.21. The van der Waals surface area contributed by atoms with Crippen molar-refractivity contribution in [3.8, 4) is 5.75 Å². The molecule has 0 aliphatic heterocycles. The summed E-state index contributed by atoms with van der Waals surface area (Å²) in [7, 11) is 0. The zero-order chi connectivity index (χ0) is 23.5. The molecule has 0 aromatic heterocycles. The Kier molecular flexibility index (Phi) is 7.70. The SMILES string of the molecule is CSNC(=O)c1cc(Cl)c(OCC2(C)CC3CC(C2)CC(C)(N=N/N=C(/C)N)C3)cc1F. The van der Waals surface area contributed by atoms with Gasteiger partial charge in [0.15, 0.2) is 0 Å². The molecule has 2 saturated carbocycles. The number of nitrogens with zero attached hydrogens (tertiary/aromatic N) is 3. The molecule has 10 heteroatoms. The van der Waals surface area contributed by atoms with Gasteiger partial charge >= 0.3 is 0 Å². The number of ether oxygens (including phenoxy) is 1. The average molecular weight is 484 g/mol. The van der Waals surface area contributed by atoms with E-state index in [9.17, 15) is 9.18 Å². The molecule has 0 radical (unpaired) electrons. The van der Waals surface area contributed by atoms with Crippen LogP contribution in [0.4, 0.5) is 4.39 Å². The first-order chi connectivity index (χ1) is 15.0. The fraction of sp³-hybridized carbons (Fsp3) is 0.636. The third kappa shape index (κ3) is 6.13. The Morgan fingerprint density at radius 3 is 2.56 bits per heavy atom. The molecular formula is C22H31ClFN5O2S. The molecule has 0 saturated heterocycles. The van der Waals surface area contributed by atoms with Crippen LogP contribution in [0, 0.1) is 23.1 Å². The number of halogens is 2. The summed E-state index contributed by atoms with van der Waals surface area (Å²) in [5.41, 5.74) is 5.17. The summed E-state index contributed by atoms with van der Waals surface area (Å²) in [5, 5.41) is 12.5. The van der Waals surface area contributed by atoms with E-state index in [4.69, 9.17) is 22.1 Å². The maximum atomic E-state index is 14.4. The summed E-state index contributed by atoms with van der Waals surface area (Å²) in [6.45, 7) is 6.47. The normalized spacial score (nSPS) is 30.4. The van der Waals surface area contributed by atoms with Crippen molar-refractivity contribution in [3.05, 3.63) is 28.5 Å². The monoisotopic (exact) mass is 483 g/mol. The minimum Gasteiger partial charge on any atom is -0.491 e. The predicted octanol–water partition coefficient (Wildman–Crippen LogP) is 5.59. The number of fused-ring (bicyclic) bond motifs is 2. The second-order valence-corrected chi connectivity index (χ2v) is 10.7. The lowest BCUT2D eigenvalue weighted by atomic mass is 9.58. The predicted molar refractivity (Wildman–Crippen MR) is 127 cm³/mol. The number of carbonyl (C=O) groups excluding carboxylic acids is 1. The molecule has 2 aliphatic carbocycles. The standard InChI is InChI=1S/C22H31ClFN5O2S/c1-13(25)26-29-28-22(3)10-14-5-15(11-22)9-21(2,8-14)12-31-19-7-18(24)16(6-17(19)23)20(30)27-32-4/h6-7,14-15H,5,8-12H2,1-4H3,(H,27,30)(H2,25,26,28). The van der Waals surface area contributed by atoms with Crippen molar-refractivity contribution in [1.29, 1.82) is 0 Å². The first-order valence-corrected chi connectivity index (χ1v) is 12.3.